The van der Waals surface area contributed by atoms with Gasteiger partial charge in [0.15, 0.2) is 0 Å². The molecule has 1 heterocycles. The highest BCUT2D eigenvalue weighted by atomic mass is 32.2. The Labute approximate surface area is 206 Å². The number of hydrogen-bond acceptors (Lipinski definition) is 7. The summed E-state index contributed by atoms with van der Waals surface area (Å²) in [6, 6.07) is 12.1. The molecule has 0 spiro atoms. The van der Waals surface area contributed by atoms with Gasteiger partial charge in [0.2, 0.25) is 10.0 Å². The third-order valence-electron chi connectivity index (χ3n) is 5.53. The molecule has 188 valence electrons. The monoisotopic (exact) mass is 500 g/mol. The van der Waals surface area contributed by atoms with E-state index in [9.17, 15) is 18.0 Å². The summed E-state index contributed by atoms with van der Waals surface area (Å²) in [5, 5.41) is 6.13. The number of nitrogens with one attached hydrogen (secondary N) is 2. The van der Waals surface area contributed by atoms with Crippen molar-refractivity contribution < 1.29 is 22.7 Å². The topological polar surface area (TPSA) is 108 Å². The molecule has 1 amide bonds. The number of nitrogens with zero attached hydrogens (tertiary/aromatic N) is 2. The second-order valence-corrected chi connectivity index (χ2v) is 10.4. The van der Waals surface area contributed by atoms with Gasteiger partial charge >= 0.3 is 5.97 Å². The number of carbonyl (C=O) groups is 2. The Kier molecular flexibility index (Phi) is 8.18. The second kappa shape index (κ2) is 10.9. The van der Waals surface area contributed by atoms with Gasteiger partial charge in [-0.05, 0) is 63.8 Å². The molecule has 3 rings (SSSR count). The highest BCUT2D eigenvalue weighted by molar-refractivity contribution is 7.92. The Balaban J connectivity index is 1.87. The van der Waals surface area contributed by atoms with E-state index >= 15 is 0 Å². The molecular weight excluding hydrogens is 468 g/mol. The molecule has 0 fully saturated rings. The smallest absolute Gasteiger partial charge is 0.338 e. The van der Waals surface area contributed by atoms with Gasteiger partial charge in [0.1, 0.15) is 0 Å². The van der Waals surface area contributed by atoms with Gasteiger partial charge < -0.3 is 20.3 Å². The molecule has 2 N–H and O–H groups in total. The molecule has 0 atom stereocenters. The van der Waals surface area contributed by atoms with Gasteiger partial charge in [-0.25, -0.2) is 13.2 Å². The van der Waals surface area contributed by atoms with Crippen molar-refractivity contribution in [1.82, 2.24) is 4.90 Å². The van der Waals surface area contributed by atoms with Crippen LogP contribution in [0.25, 0.3) is 5.57 Å². The van der Waals surface area contributed by atoms with Crippen LogP contribution >= 0.6 is 0 Å². The SMILES string of the molecule is CCOC(=O)c1ccc2c(c1)NC(=O)/C2=C(/CC)Nc1ccc(N(CCN(C)C)S(C)(=O)=O)cc1. The van der Waals surface area contributed by atoms with Gasteiger partial charge in [-0.2, -0.15) is 0 Å². The maximum Gasteiger partial charge on any atom is 0.338 e. The number of hydrogen-bond donors (Lipinski definition) is 2. The number of carbonyl (C=O) groups excluding carboxylic acids is 2. The lowest BCUT2D eigenvalue weighted by atomic mass is 10.0. The fourth-order valence-corrected chi connectivity index (χ4v) is 4.72. The number of esters is 1. The van der Waals surface area contributed by atoms with Crippen molar-refractivity contribution in [3.05, 3.63) is 59.3 Å². The fraction of sp³-hybridized carbons (Fsp3) is 0.360. The summed E-state index contributed by atoms with van der Waals surface area (Å²) >= 11 is 0. The summed E-state index contributed by atoms with van der Waals surface area (Å²) in [5.41, 5.74) is 4.15. The van der Waals surface area contributed by atoms with Crippen LogP contribution in [0.1, 0.15) is 36.2 Å². The van der Waals surface area contributed by atoms with Gasteiger partial charge in [-0.15, -0.1) is 0 Å². The molecule has 9 nitrogen and oxygen atoms in total. The Morgan fingerprint density at radius 1 is 1.06 bits per heavy atom. The van der Waals surface area contributed by atoms with Gasteiger partial charge in [0, 0.05) is 30.0 Å². The van der Waals surface area contributed by atoms with Crippen molar-refractivity contribution in [1.29, 1.82) is 0 Å². The summed E-state index contributed by atoms with van der Waals surface area (Å²) in [7, 11) is 0.352. The lowest BCUT2D eigenvalue weighted by molar-refractivity contribution is -0.110. The lowest BCUT2D eigenvalue weighted by Crippen LogP contribution is -2.35. The molecule has 0 unspecified atom stereocenters. The number of sulfonamides is 1. The van der Waals surface area contributed by atoms with Crippen LogP contribution < -0.4 is 14.9 Å². The third-order valence-corrected chi connectivity index (χ3v) is 6.73. The van der Waals surface area contributed by atoms with Crippen LogP contribution in [0.5, 0.6) is 0 Å². The maximum atomic E-state index is 12.8. The number of fused-ring (bicyclic) bond motifs is 1. The van der Waals surface area contributed by atoms with Crippen molar-refractivity contribution in [3.63, 3.8) is 0 Å². The maximum absolute atomic E-state index is 12.8. The predicted octanol–water partition coefficient (Wildman–Crippen LogP) is 3.38. The molecule has 2 aromatic rings. The molecule has 35 heavy (non-hydrogen) atoms. The summed E-state index contributed by atoms with van der Waals surface area (Å²) < 4.78 is 31.0. The van der Waals surface area contributed by atoms with Crippen LogP contribution in [0.2, 0.25) is 0 Å². The van der Waals surface area contributed by atoms with E-state index in [1.807, 2.05) is 25.9 Å². The van der Waals surface area contributed by atoms with Gasteiger partial charge in [-0.3, -0.25) is 9.10 Å². The Morgan fingerprint density at radius 2 is 1.74 bits per heavy atom. The molecule has 0 radical (unpaired) electrons. The highest BCUT2D eigenvalue weighted by Crippen LogP contribution is 2.36. The summed E-state index contributed by atoms with van der Waals surface area (Å²) in [6.45, 7) is 4.88. The van der Waals surface area contributed by atoms with E-state index in [-0.39, 0.29) is 12.5 Å². The Hall–Kier alpha value is -3.37. The molecule has 0 aliphatic carbocycles. The summed E-state index contributed by atoms with van der Waals surface area (Å²) in [4.78, 5) is 26.8. The minimum Gasteiger partial charge on any atom is -0.462 e. The molecule has 0 saturated heterocycles. The van der Waals surface area contributed by atoms with E-state index in [0.717, 1.165) is 5.69 Å². The van der Waals surface area contributed by atoms with Crippen molar-refractivity contribution >= 4 is 44.5 Å². The van der Waals surface area contributed by atoms with Crippen LogP contribution in [0.4, 0.5) is 17.1 Å². The number of benzene rings is 2. The van der Waals surface area contributed by atoms with Crippen LogP contribution in [0, 0.1) is 0 Å². The molecule has 1 aliphatic rings. The first-order valence-corrected chi connectivity index (χ1v) is 13.3. The van der Waals surface area contributed by atoms with Crippen molar-refractivity contribution in [3.8, 4) is 0 Å². The molecule has 2 aromatic carbocycles. The first kappa shape index (κ1) is 26.2. The van der Waals surface area contributed by atoms with Gasteiger partial charge in [-0.1, -0.05) is 13.0 Å². The Morgan fingerprint density at radius 3 is 2.31 bits per heavy atom. The minimum absolute atomic E-state index is 0.256. The molecule has 1 aliphatic heterocycles. The average molecular weight is 501 g/mol. The standard InChI is InChI=1S/C25H32N4O5S/c1-6-21(23-20-13-8-17(25(31)34-7-2)16-22(20)27-24(23)30)26-18-9-11-19(12-10-18)29(35(5,32)33)15-14-28(3)4/h8-13,16,26H,6-7,14-15H2,1-5H3,(H,27,30)/b23-21-. The summed E-state index contributed by atoms with van der Waals surface area (Å²) in [5.74, 6) is -0.696. The zero-order valence-corrected chi connectivity index (χ0v) is 21.5. The van der Waals surface area contributed by atoms with E-state index < -0.39 is 16.0 Å². The number of amides is 1. The van der Waals surface area contributed by atoms with Crippen LogP contribution in [0.3, 0.4) is 0 Å². The lowest BCUT2D eigenvalue weighted by Gasteiger charge is -2.24. The normalized spacial score (nSPS) is 14.4. The average Bonchev–Trinajstić information content (AvgIpc) is 3.12. The highest BCUT2D eigenvalue weighted by Gasteiger charge is 2.28. The van der Waals surface area contributed by atoms with Crippen molar-refractivity contribution in [2.75, 3.05) is 55.0 Å². The molecule has 0 aromatic heterocycles. The van der Waals surface area contributed by atoms with Crippen LogP contribution in [0.15, 0.2) is 48.2 Å². The number of ether oxygens (including phenoxy) is 1. The number of anilines is 3. The van der Waals surface area contributed by atoms with E-state index in [2.05, 4.69) is 10.6 Å². The number of rotatable bonds is 10. The van der Waals surface area contributed by atoms with Gasteiger partial charge in [0.25, 0.3) is 5.91 Å². The first-order chi connectivity index (χ1) is 16.5. The largest absolute Gasteiger partial charge is 0.462 e. The van der Waals surface area contributed by atoms with E-state index in [1.54, 1.807) is 49.4 Å². The second-order valence-electron chi connectivity index (χ2n) is 8.45. The van der Waals surface area contributed by atoms with Crippen LogP contribution in [-0.2, 0) is 19.6 Å². The molecule has 0 saturated carbocycles. The zero-order valence-electron chi connectivity index (χ0n) is 20.7. The van der Waals surface area contributed by atoms with E-state index in [1.165, 1.54) is 10.6 Å². The quantitative estimate of drug-likeness (QED) is 0.380. The minimum atomic E-state index is -3.43. The van der Waals surface area contributed by atoms with Crippen molar-refractivity contribution in [2.24, 2.45) is 0 Å². The predicted molar refractivity (Wildman–Crippen MR) is 139 cm³/mol. The molecule has 10 heteroatoms. The fourth-order valence-electron chi connectivity index (χ4n) is 3.80. The zero-order chi connectivity index (χ0) is 25.8. The van der Waals surface area contributed by atoms with Gasteiger partial charge in [0.05, 0.1) is 35.4 Å². The molecule has 0 bridgehead atoms. The Bertz CT molecular complexity index is 1240. The third kappa shape index (κ3) is 6.20. The number of likely N-dealkylation sites (N-methyl/N-ethyl adjacent to an activating group) is 1. The molecular formula is C25H32N4O5S. The first-order valence-electron chi connectivity index (χ1n) is 11.4. The van der Waals surface area contributed by atoms with E-state index in [0.29, 0.717) is 53.3 Å². The van der Waals surface area contributed by atoms with Crippen LogP contribution in [-0.4, -0.2) is 65.2 Å². The van der Waals surface area contributed by atoms with E-state index in [4.69, 9.17) is 4.74 Å². The summed E-state index contributed by atoms with van der Waals surface area (Å²) in [6.07, 6.45) is 1.75. The number of allylic oxidation sites excluding steroid dienone is 1. The van der Waals surface area contributed by atoms with Crippen molar-refractivity contribution in [2.45, 2.75) is 20.3 Å².